The highest BCUT2D eigenvalue weighted by Gasteiger charge is 2.52. The molecular weight excluding hydrogens is 346 g/mol. The quantitative estimate of drug-likeness (QED) is 0.779. The molecule has 28 heavy (non-hydrogen) atoms. The summed E-state index contributed by atoms with van der Waals surface area (Å²) in [5.41, 5.74) is 1.56. The number of carbonyl (C=O) groups excluding carboxylic acids is 1. The first-order chi connectivity index (χ1) is 13.5. The molecule has 4 rings (SSSR count). The van der Waals surface area contributed by atoms with Crippen LogP contribution in [0.3, 0.4) is 0 Å². The van der Waals surface area contributed by atoms with Gasteiger partial charge in [0.2, 0.25) is 0 Å². The number of hydrogen-bond donors (Lipinski definition) is 1. The molecule has 1 aromatic carbocycles. The first-order valence-electron chi connectivity index (χ1n) is 11.3. The molecule has 1 aromatic rings. The second-order valence-corrected chi connectivity index (χ2v) is 9.96. The molecule has 1 N–H and O–H groups in total. The van der Waals surface area contributed by atoms with Crippen LogP contribution < -0.4 is 5.32 Å². The highest BCUT2D eigenvalue weighted by molar-refractivity contribution is 5.78. The molecule has 3 aliphatic rings. The third-order valence-electron chi connectivity index (χ3n) is 7.74. The van der Waals surface area contributed by atoms with Crippen molar-refractivity contribution in [3.8, 4) is 0 Å². The first-order valence-corrected chi connectivity index (χ1v) is 11.3. The van der Waals surface area contributed by atoms with E-state index in [4.69, 9.17) is 0 Å². The average Bonchev–Trinajstić information content (AvgIpc) is 2.95. The van der Waals surface area contributed by atoms with Crippen LogP contribution in [0.2, 0.25) is 0 Å². The van der Waals surface area contributed by atoms with Crippen molar-refractivity contribution in [2.24, 2.45) is 11.8 Å². The van der Waals surface area contributed by atoms with Gasteiger partial charge in [-0.2, -0.15) is 0 Å². The molecule has 154 valence electrons. The molecule has 2 saturated carbocycles. The summed E-state index contributed by atoms with van der Waals surface area (Å²) in [6, 6.07) is 11.2. The summed E-state index contributed by atoms with van der Waals surface area (Å²) in [5, 5.41) is 3.19. The molecule has 1 heterocycles. The van der Waals surface area contributed by atoms with E-state index in [0.717, 1.165) is 51.2 Å². The van der Waals surface area contributed by atoms with Gasteiger partial charge in [0.1, 0.15) is 0 Å². The summed E-state index contributed by atoms with van der Waals surface area (Å²) in [4.78, 5) is 17.5. The molecule has 4 nitrogen and oxygen atoms in total. The van der Waals surface area contributed by atoms with E-state index < -0.39 is 0 Å². The Kier molecular flexibility index (Phi) is 5.43. The van der Waals surface area contributed by atoms with Crippen LogP contribution in [0.5, 0.6) is 0 Å². The molecule has 1 saturated heterocycles. The van der Waals surface area contributed by atoms with Crippen molar-refractivity contribution in [3.63, 3.8) is 0 Å². The predicted octanol–water partition coefficient (Wildman–Crippen LogP) is 4.61. The van der Waals surface area contributed by atoms with Gasteiger partial charge in [-0.1, -0.05) is 50.6 Å². The summed E-state index contributed by atoms with van der Waals surface area (Å²) >= 11 is 0. The molecule has 2 amide bonds. The zero-order valence-electron chi connectivity index (χ0n) is 17.9. The third kappa shape index (κ3) is 3.45. The largest absolute Gasteiger partial charge is 0.336 e. The van der Waals surface area contributed by atoms with Gasteiger partial charge in [-0.3, -0.25) is 4.90 Å². The topological polar surface area (TPSA) is 35.6 Å². The molecule has 3 fully saturated rings. The Morgan fingerprint density at radius 3 is 2.39 bits per heavy atom. The smallest absolute Gasteiger partial charge is 0.318 e. The van der Waals surface area contributed by atoms with E-state index in [1.54, 1.807) is 0 Å². The van der Waals surface area contributed by atoms with Gasteiger partial charge in [0.15, 0.2) is 0 Å². The second-order valence-electron chi connectivity index (χ2n) is 9.96. The minimum absolute atomic E-state index is 0.0314. The number of hydrogen-bond acceptors (Lipinski definition) is 2. The Morgan fingerprint density at radius 1 is 1.14 bits per heavy atom. The minimum atomic E-state index is 0.0314. The van der Waals surface area contributed by atoms with Crippen LogP contribution in [0.25, 0.3) is 0 Å². The Morgan fingerprint density at radius 2 is 1.82 bits per heavy atom. The Bertz CT molecular complexity index is 674. The van der Waals surface area contributed by atoms with E-state index in [-0.39, 0.29) is 17.1 Å². The molecule has 0 unspecified atom stereocenters. The van der Waals surface area contributed by atoms with Crippen LogP contribution in [0.1, 0.15) is 64.4 Å². The van der Waals surface area contributed by atoms with Crippen LogP contribution >= 0.6 is 0 Å². The number of nitrogens with zero attached hydrogens (tertiary/aromatic N) is 2. The number of amides is 2. The molecule has 0 bridgehead atoms. The zero-order chi connectivity index (χ0) is 19.8. The van der Waals surface area contributed by atoms with E-state index in [1.807, 2.05) is 0 Å². The Labute approximate surface area is 170 Å². The third-order valence-corrected chi connectivity index (χ3v) is 7.74. The van der Waals surface area contributed by atoms with E-state index in [1.165, 1.54) is 24.8 Å². The lowest BCUT2D eigenvalue weighted by Crippen LogP contribution is -2.57. The number of rotatable bonds is 6. The normalized spacial score (nSPS) is 30.9. The maximum Gasteiger partial charge on any atom is 0.318 e. The lowest BCUT2D eigenvalue weighted by Gasteiger charge is -2.52. The zero-order valence-corrected chi connectivity index (χ0v) is 17.9. The van der Waals surface area contributed by atoms with E-state index >= 15 is 0 Å². The minimum Gasteiger partial charge on any atom is -0.336 e. The fourth-order valence-electron chi connectivity index (χ4n) is 5.79. The molecule has 0 aromatic heterocycles. The molecular formula is C24H37N3O. The molecule has 0 atom stereocenters. The van der Waals surface area contributed by atoms with Crippen LogP contribution in [0, 0.1) is 11.8 Å². The Hall–Kier alpha value is -1.55. The van der Waals surface area contributed by atoms with Gasteiger partial charge in [-0.05, 0) is 63.0 Å². The molecule has 1 spiro atoms. The fraction of sp³-hybridized carbons (Fsp3) is 0.708. The SMILES string of the molecule is CC(C)CN(C)[C@]1(c2ccccc2)CC[C@@]2(CC1)CNC(=O)N2CC1CCC1. The molecule has 0 radical (unpaired) electrons. The monoisotopic (exact) mass is 383 g/mol. The fourth-order valence-corrected chi connectivity index (χ4v) is 5.79. The van der Waals surface area contributed by atoms with Crippen molar-refractivity contribution in [1.29, 1.82) is 0 Å². The van der Waals surface area contributed by atoms with E-state index in [9.17, 15) is 4.79 Å². The van der Waals surface area contributed by atoms with Gasteiger partial charge >= 0.3 is 6.03 Å². The van der Waals surface area contributed by atoms with Crippen molar-refractivity contribution in [3.05, 3.63) is 35.9 Å². The molecule has 2 aliphatic carbocycles. The number of nitrogens with one attached hydrogen (secondary N) is 1. The van der Waals surface area contributed by atoms with Crippen LogP contribution in [0.15, 0.2) is 30.3 Å². The maximum absolute atomic E-state index is 12.6. The first kappa shape index (κ1) is 19.8. The van der Waals surface area contributed by atoms with Crippen LogP contribution in [-0.2, 0) is 5.54 Å². The Balaban J connectivity index is 1.56. The van der Waals surface area contributed by atoms with Crippen molar-refractivity contribution < 1.29 is 4.79 Å². The summed E-state index contributed by atoms with van der Waals surface area (Å²) in [6.45, 7) is 7.51. The number of carbonyl (C=O) groups is 1. The van der Waals surface area contributed by atoms with Crippen molar-refractivity contribution >= 4 is 6.03 Å². The van der Waals surface area contributed by atoms with Crippen molar-refractivity contribution in [2.75, 3.05) is 26.7 Å². The number of benzene rings is 1. The van der Waals surface area contributed by atoms with Gasteiger partial charge < -0.3 is 10.2 Å². The highest BCUT2D eigenvalue weighted by atomic mass is 16.2. The number of urea groups is 1. The van der Waals surface area contributed by atoms with Gasteiger partial charge in [0, 0.05) is 25.2 Å². The standard InChI is InChI=1S/C24H37N3O/c1-19(2)16-26(3)24(21-10-5-4-6-11-21)14-12-23(13-15-24)18-25-22(28)27(23)17-20-8-7-9-20/h4-6,10-11,19-20H,7-9,12-18H2,1-3H3,(H,25,28)/t23-,24-. The van der Waals surface area contributed by atoms with Gasteiger partial charge in [0.05, 0.1) is 5.54 Å². The van der Waals surface area contributed by atoms with Gasteiger partial charge in [-0.25, -0.2) is 4.79 Å². The summed E-state index contributed by atoms with van der Waals surface area (Å²) in [7, 11) is 2.30. The van der Waals surface area contributed by atoms with E-state index in [0.29, 0.717) is 5.92 Å². The predicted molar refractivity (Wildman–Crippen MR) is 114 cm³/mol. The summed E-state index contributed by atoms with van der Waals surface area (Å²) in [6.07, 6.45) is 8.36. The maximum atomic E-state index is 12.6. The average molecular weight is 384 g/mol. The van der Waals surface area contributed by atoms with E-state index in [2.05, 4.69) is 66.3 Å². The van der Waals surface area contributed by atoms with Crippen LogP contribution in [0.4, 0.5) is 4.79 Å². The van der Waals surface area contributed by atoms with Crippen LogP contribution in [-0.4, -0.2) is 48.1 Å². The summed E-state index contributed by atoms with van der Waals surface area (Å²) < 4.78 is 0. The van der Waals surface area contributed by atoms with Gasteiger partial charge in [0.25, 0.3) is 0 Å². The second kappa shape index (κ2) is 7.70. The highest BCUT2D eigenvalue weighted by Crippen LogP contribution is 2.48. The van der Waals surface area contributed by atoms with Crippen molar-refractivity contribution in [2.45, 2.75) is 69.9 Å². The summed E-state index contributed by atoms with van der Waals surface area (Å²) in [5.74, 6) is 1.37. The van der Waals surface area contributed by atoms with Gasteiger partial charge in [-0.15, -0.1) is 0 Å². The molecule has 4 heteroatoms. The molecule has 1 aliphatic heterocycles. The lowest BCUT2D eigenvalue weighted by atomic mass is 9.67. The van der Waals surface area contributed by atoms with Crippen molar-refractivity contribution in [1.82, 2.24) is 15.1 Å². The lowest BCUT2D eigenvalue weighted by molar-refractivity contribution is 0.00130.